The maximum Gasteiger partial charge on any atom is 0.254 e. The Morgan fingerprint density at radius 3 is 3.00 bits per heavy atom. The number of hydrogen-bond acceptors (Lipinski definition) is 3. The lowest BCUT2D eigenvalue weighted by Gasteiger charge is -1.95. The Balaban J connectivity index is 2.64. The van der Waals surface area contributed by atoms with Gasteiger partial charge in [-0.15, -0.1) is 0 Å². The lowest BCUT2D eigenvalue weighted by molar-refractivity contribution is 0.0964. The van der Waals surface area contributed by atoms with Crippen LogP contribution in [0, 0.1) is 0 Å². The van der Waals surface area contributed by atoms with E-state index in [1.54, 1.807) is 13.1 Å². The Bertz CT molecular complexity index is 487. The Kier molecular flexibility index (Phi) is 1.89. The van der Waals surface area contributed by atoms with E-state index in [-0.39, 0.29) is 11.7 Å². The van der Waals surface area contributed by atoms with E-state index in [9.17, 15) is 9.90 Å². The van der Waals surface area contributed by atoms with Gasteiger partial charge in [0.2, 0.25) is 0 Å². The van der Waals surface area contributed by atoms with Gasteiger partial charge in [0, 0.05) is 18.5 Å². The molecule has 0 aliphatic heterocycles. The first kappa shape index (κ1) is 8.62. The number of aromatic hydroxyl groups is 1. The van der Waals surface area contributed by atoms with E-state index in [1.807, 2.05) is 0 Å². The fourth-order valence-corrected chi connectivity index (χ4v) is 1.33. The highest BCUT2D eigenvalue weighted by molar-refractivity contribution is 6.05. The zero-order valence-electron chi connectivity index (χ0n) is 7.57. The summed E-state index contributed by atoms with van der Waals surface area (Å²) in [4.78, 5) is 11.3. The minimum atomic E-state index is -0.200. The number of phenolic OH excluding ortho intramolecular Hbond substituents is 1. The Morgan fingerprint density at radius 2 is 2.29 bits per heavy atom. The molecule has 2 N–H and O–H groups in total. The summed E-state index contributed by atoms with van der Waals surface area (Å²) in [5.41, 5.74) is 0.978. The maximum atomic E-state index is 11.3. The molecule has 72 valence electrons. The smallest absolute Gasteiger partial charge is 0.254 e. The summed E-state index contributed by atoms with van der Waals surface area (Å²) in [6, 6.07) is 4.64. The largest absolute Gasteiger partial charge is 0.508 e. The van der Waals surface area contributed by atoms with E-state index in [0.717, 1.165) is 0 Å². The number of amides is 1. The van der Waals surface area contributed by atoms with Crippen LogP contribution in [-0.2, 0) is 0 Å². The van der Waals surface area contributed by atoms with E-state index in [4.69, 9.17) is 4.42 Å². The van der Waals surface area contributed by atoms with Gasteiger partial charge in [0.05, 0.1) is 5.56 Å². The molecule has 0 radical (unpaired) electrons. The summed E-state index contributed by atoms with van der Waals surface area (Å²) >= 11 is 0. The van der Waals surface area contributed by atoms with E-state index >= 15 is 0 Å². The first-order chi connectivity index (χ1) is 6.72. The third kappa shape index (κ3) is 1.21. The SMILES string of the molecule is CNC(=O)c1coc2cc(O)ccc12. The number of carbonyl (C=O) groups is 1. The molecule has 1 aromatic heterocycles. The lowest BCUT2D eigenvalue weighted by Crippen LogP contribution is -2.17. The van der Waals surface area contributed by atoms with E-state index in [1.165, 1.54) is 18.4 Å². The lowest BCUT2D eigenvalue weighted by atomic mass is 10.1. The Morgan fingerprint density at radius 1 is 1.50 bits per heavy atom. The number of furan rings is 1. The highest BCUT2D eigenvalue weighted by Gasteiger charge is 2.11. The first-order valence-electron chi connectivity index (χ1n) is 4.14. The molecule has 1 heterocycles. The number of carbonyl (C=O) groups excluding carboxylic acids is 1. The third-order valence-corrected chi connectivity index (χ3v) is 2.03. The van der Waals surface area contributed by atoms with Crippen molar-refractivity contribution in [2.75, 3.05) is 7.05 Å². The molecule has 0 spiro atoms. The van der Waals surface area contributed by atoms with Crippen molar-refractivity contribution in [3.05, 3.63) is 30.0 Å². The minimum absolute atomic E-state index is 0.121. The molecule has 0 atom stereocenters. The molecule has 0 saturated carbocycles. The molecule has 0 bridgehead atoms. The maximum absolute atomic E-state index is 11.3. The van der Waals surface area contributed by atoms with Crippen LogP contribution in [0.2, 0.25) is 0 Å². The van der Waals surface area contributed by atoms with Crippen molar-refractivity contribution in [1.82, 2.24) is 5.32 Å². The fraction of sp³-hybridized carbons (Fsp3) is 0.100. The highest BCUT2D eigenvalue weighted by Crippen LogP contribution is 2.24. The van der Waals surface area contributed by atoms with Crippen molar-refractivity contribution >= 4 is 16.9 Å². The molecular weight excluding hydrogens is 182 g/mol. The number of rotatable bonds is 1. The van der Waals surface area contributed by atoms with Crippen LogP contribution in [0.1, 0.15) is 10.4 Å². The molecule has 4 nitrogen and oxygen atoms in total. The van der Waals surface area contributed by atoms with Crippen molar-refractivity contribution in [2.24, 2.45) is 0 Å². The van der Waals surface area contributed by atoms with Gasteiger partial charge in [-0.25, -0.2) is 0 Å². The van der Waals surface area contributed by atoms with Gasteiger partial charge in [-0.2, -0.15) is 0 Å². The standard InChI is InChI=1S/C10H9NO3/c1-11-10(13)8-5-14-9-4-6(12)2-3-7(8)9/h2-5,12H,1H3,(H,11,13). The number of nitrogens with one attached hydrogen (secondary N) is 1. The second kappa shape index (κ2) is 3.06. The van der Waals surface area contributed by atoms with Crippen LogP contribution in [0.5, 0.6) is 5.75 Å². The topological polar surface area (TPSA) is 62.5 Å². The van der Waals surface area contributed by atoms with Gasteiger partial charge in [-0.3, -0.25) is 4.79 Å². The molecule has 1 amide bonds. The number of hydrogen-bond donors (Lipinski definition) is 2. The van der Waals surface area contributed by atoms with Gasteiger partial charge in [0.15, 0.2) is 0 Å². The quantitative estimate of drug-likeness (QED) is 0.717. The average molecular weight is 191 g/mol. The molecule has 0 unspecified atom stereocenters. The normalized spacial score (nSPS) is 10.4. The van der Waals surface area contributed by atoms with Gasteiger partial charge in [-0.1, -0.05) is 0 Å². The Hall–Kier alpha value is -1.97. The molecule has 0 aliphatic carbocycles. The van der Waals surface area contributed by atoms with E-state index < -0.39 is 0 Å². The van der Waals surface area contributed by atoms with Crippen molar-refractivity contribution in [1.29, 1.82) is 0 Å². The van der Waals surface area contributed by atoms with E-state index in [0.29, 0.717) is 16.5 Å². The molecule has 4 heteroatoms. The second-order valence-electron chi connectivity index (χ2n) is 2.91. The fourth-order valence-electron chi connectivity index (χ4n) is 1.33. The summed E-state index contributed by atoms with van der Waals surface area (Å²) in [6.07, 6.45) is 1.38. The van der Waals surface area contributed by atoms with Gasteiger partial charge in [0.25, 0.3) is 5.91 Å². The third-order valence-electron chi connectivity index (χ3n) is 2.03. The van der Waals surface area contributed by atoms with Crippen molar-refractivity contribution < 1.29 is 14.3 Å². The molecule has 2 aromatic rings. The zero-order chi connectivity index (χ0) is 10.1. The van der Waals surface area contributed by atoms with Gasteiger partial charge in [0.1, 0.15) is 17.6 Å². The van der Waals surface area contributed by atoms with Crippen molar-refractivity contribution in [3.8, 4) is 5.75 Å². The number of fused-ring (bicyclic) bond motifs is 1. The molecule has 0 fully saturated rings. The van der Waals surface area contributed by atoms with Crippen LogP contribution in [0.25, 0.3) is 11.0 Å². The number of benzene rings is 1. The summed E-state index contributed by atoms with van der Waals surface area (Å²) in [7, 11) is 1.56. The molecule has 0 aliphatic rings. The van der Waals surface area contributed by atoms with Gasteiger partial charge >= 0.3 is 0 Å². The summed E-state index contributed by atoms with van der Waals surface area (Å²) in [6.45, 7) is 0. The van der Waals surface area contributed by atoms with Crippen molar-refractivity contribution in [3.63, 3.8) is 0 Å². The minimum Gasteiger partial charge on any atom is -0.508 e. The second-order valence-corrected chi connectivity index (χ2v) is 2.91. The monoisotopic (exact) mass is 191 g/mol. The predicted molar refractivity (Wildman–Crippen MR) is 51.3 cm³/mol. The zero-order valence-corrected chi connectivity index (χ0v) is 7.57. The molecule has 0 saturated heterocycles. The van der Waals surface area contributed by atoms with Gasteiger partial charge in [-0.05, 0) is 12.1 Å². The summed E-state index contributed by atoms with van der Waals surface area (Å²) in [5.74, 6) is -0.0789. The van der Waals surface area contributed by atoms with Crippen LogP contribution < -0.4 is 5.32 Å². The molecule has 2 rings (SSSR count). The summed E-state index contributed by atoms with van der Waals surface area (Å²) in [5, 5.41) is 12.4. The first-order valence-corrected chi connectivity index (χ1v) is 4.14. The van der Waals surface area contributed by atoms with Crippen LogP contribution in [0.15, 0.2) is 28.9 Å². The Labute approximate surface area is 80.1 Å². The van der Waals surface area contributed by atoms with Crippen LogP contribution >= 0.6 is 0 Å². The molecule has 14 heavy (non-hydrogen) atoms. The van der Waals surface area contributed by atoms with Crippen LogP contribution in [0.3, 0.4) is 0 Å². The van der Waals surface area contributed by atoms with Crippen LogP contribution in [0.4, 0.5) is 0 Å². The highest BCUT2D eigenvalue weighted by atomic mass is 16.3. The molecular formula is C10H9NO3. The average Bonchev–Trinajstić information content (AvgIpc) is 2.59. The van der Waals surface area contributed by atoms with Crippen LogP contribution in [-0.4, -0.2) is 18.1 Å². The van der Waals surface area contributed by atoms with Crippen molar-refractivity contribution in [2.45, 2.75) is 0 Å². The molecule has 1 aromatic carbocycles. The van der Waals surface area contributed by atoms with E-state index in [2.05, 4.69) is 5.32 Å². The van der Waals surface area contributed by atoms with Gasteiger partial charge < -0.3 is 14.8 Å². The summed E-state index contributed by atoms with van der Waals surface area (Å²) < 4.78 is 5.13. The number of phenols is 1. The predicted octanol–water partition coefficient (Wildman–Crippen LogP) is 1.50.